The van der Waals surface area contributed by atoms with Gasteiger partial charge in [-0.1, -0.05) is 0 Å². The lowest BCUT2D eigenvalue weighted by Crippen LogP contribution is -2.48. The Hall–Kier alpha value is -2.44. The zero-order valence-electron chi connectivity index (χ0n) is 13.4. The molecule has 1 saturated carbocycles. The quantitative estimate of drug-likeness (QED) is 0.887. The maximum Gasteiger partial charge on any atom is 0.317 e. The molecule has 1 aliphatic carbocycles. The number of hydrogen-bond acceptors (Lipinski definition) is 4. The van der Waals surface area contributed by atoms with E-state index in [1.54, 1.807) is 23.1 Å². The van der Waals surface area contributed by atoms with E-state index in [-0.39, 0.29) is 24.6 Å². The highest BCUT2D eigenvalue weighted by Gasteiger charge is 2.31. The van der Waals surface area contributed by atoms with Gasteiger partial charge in [-0.05, 0) is 37.8 Å². The van der Waals surface area contributed by atoms with Crippen molar-refractivity contribution in [1.29, 1.82) is 0 Å². The van der Waals surface area contributed by atoms with Crippen LogP contribution in [0.4, 0.5) is 10.5 Å². The summed E-state index contributed by atoms with van der Waals surface area (Å²) >= 11 is 0. The maximum absolute atomic E-state index is 12.5. The number of piperidine rings is 1. The molecule has 2 fully saturated rings. The summed E-state index contributed by atoms with van der Waals surface area (Å²) in [6.07, 6.45) is 3.77. The number of carbonyl (C=O) groups is 2. The van der Waals surface area contributed by atoms with Gasteiger partial charge in [0.25, 0.3) is 0 Å². The Morgan fingerprint density at radius 1 is 1.12 bits per heavy atom. The van der Waals surface area contributed by atoms with Crippen LogP contribution in [0.2, 0.25) is 0 Å². The number of nitrogens with zero attached hydrogens (tertiary/aromatic N) is 1. The molecule has 1 saturated heterocycles. The van der Waals surface area contributed by atoms with Gasteiger partial charge in [-0.3, -0.25) is 4.79 Å². The average molecular weight is 331 g/mol. The molecule has 1 unspecified atom stereocenters. The van der Waals surface area contributed by atoms with Crippen LogP contribution >= 0.6 is 0 Å². The second kappa shape index (κ2) is 6.22. The zero-order chi connectivity index (χ0) is 16.5. The zero-order valence-corrected chi connectivity index (χ0v) is 13.4. The van der Waals surface area contributed by atoms with Crippen molar-refractivity contribution >= 4 is 17.6 Å². The Morgan fingerprint density at radius 3 is 2.79 bits per heavy atom. The average Bonchev–Trinajstić information content (AvgIpc) is 3.29. The predicted octanol–water partition coefficient (Wildman–Crippen LogP) is 1.94. The van der Waals surface area contributed by atoms with Gasteiger partial charge in [0, 0.05) is 30.9 Å². The van der Waals surface area contributed by atoms with E-state index in [4.69, 9.17) is 9.47 Å². The molecule has 7 nitrogen and oxygen atoms in total. The van der Waals surface area contributed by atoms with Crippen LogP contribution in [0, 0.1) is 5.92 Å². The number of urea groups is 1. The first kappa shape index (κ1) is 15.1. The number of carbonyl (C=O) groups excluding carboxylic acids is 2. The molecular formula is C17H21N3O4. The van der Waals surface area contributed by atoms with Gasteiger partial charge in [0.2, 0.25) is 12.7 Å². The van der Waals surface area contributed by atoms with E-state index in [2.05, 4.69) is 10.6 Å². The monoisotopic (exact) mass is 331 g/mol. The molecule has 2 aliphatic heterocycles. The SMILES string of the molecule is O=C(Nc1ccc2c(c1)OCO2)C1CCCN(C(=O)NC2CC2)C1. The first-order chi connectivity index (χ1) is 11.7. The summed E-state index contributed by atoms with van der Waals surface area (Å²) in [4.78, 5) is 26.4. The van der Waals surface area contributed by atoms with Gasteiger partial charge in [0.05, 0.1) is 5.92 Å². The molecule has 1 aromatic rings. The summed E-state index contributed by atoms with van der Waals surface area (Å²) in [7, 11) is 0. The normalized spacial score (nSPS) is 22.2. The minimum absolute atomic E-state index is 0.0434. The van der Waals surface area contributed by atoms with Crippen LogP contribution in [0.5, 0.6) is 11.5 Å². The number of amides is 3. The van der Waals surface area contributed by atoms with Crippen molar-refractivity contribution < 1.29 is 19.1 Å². The third kappa shape index (κ3) is 3.25. The molecule has 24 heavy (non-hydrogen) atoms. The molecule has 3 aliphatic rings. The van der Waals surface area contributed by atoms with Gasteiger partial charge in [-0.25, -0.2) is 4.79 Å². The number of nitrogens with one attached hydrogen (secondary N) is 2. The van der Waals surface area contributed by atoms with Crippen LogP contribution in [-0.4, -0.2) is 42.8 Å². The van der Waals surface area contributed by atoms with Crippen molar-refractivity contribution in [3.05, 3.63) is 18.2 Å². The number of rotatable bonds is 3. The van der Waals surface area contributed by atoms with Gasteiger partial charge >= 0.3 is 6.03 Å². The van der Waals surface area contributed by atoms with Gasteiger partial charge in [-0.15, -0.1) is 0 Å². The molecule has 0 radical (unpaired) electrons. The Bertz CT molecular complexity index is 659. The third-order valence-electron chi connectivity index (χ3n) is 4.62. The van der Waals surface area contributed by atoms with Crippen LogP contribution in [0.3, 0.4) is 0 Å². The van der Waals surface area contributed by atoms with Crippen molar-refractivity contribution in [2.24, 2.45) is 5.92 Å². The highest BCUT2D eigenvalue weighted by atomic mass is 16.7. The Labute approximate surface area is 140 Å². The van der Waals surface area contributed by atoms with E-state index in [0.717, 1.165) is 25.7 Å². The lowest BCUT2D eigenvalue weighted by molar-refractivity contribution is -0.121. The van der Waals surface area contributed by atoms with Gasteiger partial charge in [0.15, 0.2) is 11.5 Å². The van der Waals surface area contributed by atoms with E-state index in [9.17, 15) is 9.59 Å². The second-order valence-electron chi connectivity index (χ2n) is 6.57. The number of fused-ring (bicyclic) bond motifs is 1. The number of benzene rings is 1. The number of likely N-dealkylation sites (tertiary alicyclic amines) is 1. The molecule has 2 heterocycles. The van der Waals surface area contributed by atoms with Crippen LogP contribution < -0.4 is 20.1 Å². The van der Waals surface area contributed by atoms with Gasteiger partial charge < -0.3 is 25.0 Å². The first-order valence-electron chi connectivity index (χ1n) is 8.45. The van der Waals surface area contributed by atoms with Crippen molar-refractivity contribution in [2.75, 3.05) is 25.2 Å². The topological polar surface area (TPSA) is 79.9 Å². The van der Waals surface area contributed by atoms with Crippen molar-refractivity contribution in [3.8, 4) is 11.5 Å². The number of anilines is 1. The summed E-state index contributed by atoms with van der Waals surface area (Å²) in [5.41, 5.74) is 0.684. The van der Waals surface area contributed by atoms with Crippen molar-refractivity contribution in [2.45, 2.75) is 31.7 Å². The fraction of sp³-hybridized carbons (Fsp3) is 0.529. The van der Waals surface area contributed by atoms with Gasteiger partial charge in [0.1, 0.15) is 0 Å². The van der Waals surface area contributed by atoms with E-state index >= 15 is 0 Å². The summed E-state index contributed by atoms with van der Waals surface area (Å²) in [5, 5.41) is 5.91. The molecule has 0 spiro atoms. The van der Waals surface area contributed by atoms with E-state index in [1.165, 1.54) is 0 Å². The maximum atomic E-state index is 12.5. The lowest BCUT2D eigenvalue weighted by atomic mass is 9.97. The molecule has 1 aromatic carbocycles. The molecule has 0 aromatic heterocycles. The highest BCUT2D eigenvalue weighted by molar-refractivity contribution is 5.93. The van der Waals surface area contributed by atoms with Crippen LogP contribution in [0.25, 0.3) is 0 Å². The minimum Gasteiger partial charge on any atom is -0.454 e. The second-order valence-corrected chi connectivity index (χ2v) is 6.57. The Kier molecular flexibility index (Phi) is 3.92. The van der Waals surface area contributed by atoms with Gasteiger partial charge in [-0.2, -0.15) is 0 Å². The molecule has 3 amide bonds. The number of hydrogen-bond donors (Lipinski definition) is 2. The van der Waals surface area contributed by atoms with E-state index < -0.39 is 0 Å². The van der Waals surface area contributed by atoms with E-state index in [0.29, 0.717) is 36.3 Å². The highest BCUT2D eigenvalue weighted by Crippen LogP contribution is 2.34. The molecule has 2 N–H and O–H groups in total. The van der Waals surface area contributed by atoms with Crippen LogP contribution in [-0.2, 0) is 4.79 Å². The summed E-state index contributed by atoms with van der Waals surface area (Å²) in [5.74, 6) is 1.09. The van der Waals surface area contributed by atoms with Crippen molar-refractivity contribution in [3.63, 3.8) is 0 Å². The third-order valence-corrected chi connectivity index (χ3v) is 4.62. The van der Waals surface area contributed by atoms with E-state index in [1.807, 2.05) is 0 Å². The molecule has 128 valence electrons. The fourth-order valence-electron chi connectivity index (χ4n) is 3.09. The van der Waals surface area contributed by atoms with Crippen molar-refractivity contribution in [1.82, 2.24) is 10.2 Å². The predicted molar refractivity (Wildman–Crippen MR) is 87.0 cm³/mol. The molecule has 0 bridgehead atoms. The number of ether oxygens (including phenoxy) is 2. The first-order valence-corrected chi connectivity index (χ1v) is 8.45. The summed E-state index contributed by atoms with van der Waals surface area (Å²) in [6.45, 7) is 1.39. The summed E-state index contributed by atoms with van der Waals surface area (Å²) < 4.78 is 10.6. The van der Waals surface area contributed by atoms with Crippen LogP contribution in [0.1, 0.15) is 25.7 Å². The molecule has 7 heteroatoms. The largest absolute Gasteiger partial charge is 0.454 e. The molecule has 4 rings (SSSR count). The minimum atomic E-state index is -0.186. The Balaban J connectivity index is 1.35. The lowest BCUT2D eigenvalue weighted by Gasteiger charge is -2.32. The summed E-state index contributed by atoms with van der Waals surface area (Å²) in [6, 6.07) is 5.64. The molecular weight excluding hydrogens is 310 g/mol. The standard InChI is InChI=1S/C17H21N3O4/c21-16(18-13-5-6-14-15(8-13)24-10-23-14)11-2-1-7-20(9-11)17(22)19-12-3-4-12/h5-6,8,11-12H,1-4,7,9-10H2,(H,18,21)(H,19,22). The molecule has 1 atom stereocenters. The Morgan fingerprint density at radius 2 is 1.96 bits per heavy atom. The smallest absolute Gasteiger partial charge is 0.317 e. The van der Waals surface area contributed by atoms with Crippen LogP contribution in [0.15, 0.2) is 18.2 Å². The fourth-order valence-corrected chi connectivity index (χ4v) is 3.09.